The fraction of sp³-hybridized carbons (Fsp3) is 0.647. The van der Waals surface area contributed by atoms with Crippen LogP contribution in [-0.4, -0.2) is 44.8 Å². The molecule has 0 aliphatic carbocycles. The maximum atomic E-state index is 5.19. The van der Waals surface area contributed by atoms with E-state index >= 15 is 0 Å². The molecular formula is C17H30N2O. The summed E-state index contributed by atoms with van der Waals surface area (Å²) in [5.41, 5.74) is 1.38. The molecule has 0 bridgehead atoms. The molecule has 0 fully saturated rings. The van der Waals surface area contributed by atoms with Gasteiger partial charge in [0.1, 0.15) is 0 Å². The predicted octanol–water partition coefficient (Wildman–Crippen LogP) is 2.94. The van der Waals surface area contributed by atoms with Gasteiger partial charge in [-0.25, -0.2) is 0 Å². The normalized spacial score (nSPS) is 14.4. The number of rotatable bonds is 10. The largest absolute Gasteiger partial charge is 0.383 e. The van der Waals surface area contributed by atoms with Crippen LogP contribution in [0.4, 0.5) is 0 Å². The zero-order valence-corrected chi connectivity index (χ0v) is 13.4. The summed E-state index contributed by atoms with van der Waals surface area (Å²) in [4.78, 5) is 2.46. The van der Waals surface area contributed by atoms with E-state index < -0.39 is 0 Å². The highest BCUT2D eigenvalue weighted by molar-refractivity contribution is 5.19. The second kappa shape index (κ2) is 9.92. The van der Waals surface area contributed by atoms with E-state index in [1.165, 1.54) is 5.56 Å². The molecular weight excluding hydrogens is 248 g/mol. The summed E-state index contributed by atoms with van der Waals surface area (Å²) in [5, 5.41) is 3.63. The Hall–Kier alpha value is -0.900. The van der Waals surface area contributed by atoms with E-state index in [1.54, 1.807) is 7.11 Å². The molecule has 20 heavy (non-hydrogen) atoms. The van der Waals surface area contributed by atoms with Gasteiger partial charge in [-0.15, -0.1) is 0 Å². The summed E-state index contributed by atoms with van der Waals surface area (Å²) >= 11 is 0. The van der Waals surface area contributed by atoms with Crippen molar-refractivity contribution in [3.63, 3.8) is 0 Å². The highest BCUT2D eigenvalue weighted by atomic mass is 16.5. The minimum atomic E-state index is 0.415. The Kier molecular flexibility index (Phi) is 8.51. The zero-order chi connectivity index (χ0) is 14.8. The van der Waals surface area contributed by atoms with Gasteiger partial charge in [0.15, 0.2) is 0 Å². The van der Waals surface area contributed by atoms with E-state index in [0.29, 0.717) is 12.0 Å². The molecule has 0 saturated carbocycles. The van der Waals surface area contributed by atoms with Gasteiger partial charge in [0.05, 0.1) is 6.61 Å². The summed E-state index contributed by atoms with van der Waals surface area (Å²) in [6.45, 7) is 11.7. The maximum absolute atomic E-state index is 5.19. The van der Waals surface area contributed by atoms with Gasteiger partial charge in [-0.1, -0.05) is 51.1 Å². The molecule has 0 aromatic heterocycles. The van der Waals surface area contributed by atoms with Gasteiger partial charge in [0.25, 0.3) is 0 Å². The van der Waals surface area contributed by atoms with Crippen LogP contribution < -0.4 is 5.32 Å². The zero-order valence-electron chi connectivity index (χ0n) is 13.4. The van der Waals surface area contributed by atoms with Gasteiger partial charge < -0.3 is 15.0 Å². The number of hydrogen-bond acceptors (Lipinski definition) is 3. The first kappa shape index (κ1) is 17.2. The van der Waals surface area contributed by atoms with Crippen molar-refractivity contribution in [3.05, 3.63) is 35.9 Å². The van der Waals surface area contributed by atoms with Crippen molar-refractivity contribution in [1.82, 2.24) is 10.2 Å². The van der Waals surface area contributed by atoms with Crippen molar-refractivity contribution < 1.29 is 4.74 Å². The summed E-state index contributed by atoms with van der Waals surface area (Å²) in [6.07, 6.45) is 0. The lowest BCUT2D eigenvalue weighted by atomic mass is 9.94. The number of likely N-dealkylation sites (N-methyl/N-ethyl adjacent to an activating group) is 1. The van der Waals surface area contributed by atoms with E-state index in [2.05, 4.69) is 61.3 Å². The second-order valence-corrected chi connectivity index (χ2v) is 5.31. The van der Waals surface area contributed by atoms with Crippen molar-refractivity contribution >= 4 is 0 Å². The third kappa shape index (κ3) is 5.61. The summed E-state index contributed by atoms with van der Waals surface area (Å²) in [7, 11) is 1.77. The van der Waals surface area contributed by atoms with Crippen LogP contribution in [0.2, 0.25) is 0 Å². The molecule has 114 valence electrons. The lowest BCUT2D eigenvalue weighted by Crippen LogP contribution is -2.37. The number of nitrogens with one attached hydrogen (secondary N) is 1. The van der Waals surface area contributed by atoms with Crippen LogP contribution in [0.5, 0.6) is 0 Å². The van der Waals surface area contributed by atoms with Crippen molar-refractivity contribution in [2.24, 2.45) is 5.92 Å². The third-order valence-electron chi connectivity index (χ3n) is 3.76. The molecule has 0 amide bonds. The fourth-order valence-electron chi connectivity index (χ4n) is 2.64. The Morgan fingerprint density at radius 1 is 1.20 bits per heavy atom. The van der Waals surface area contributed by atoms with E-state index in [1.807, 2.05) is 0 Å². The van der Waals surface area contributed by atoms with Gasteiger partial charge in [-0.2, -0.15) is 0 Å². The van der Waals surface area contributed by atoms with Gasteiger partial charge >= 0.3 is 0 Å². The first-order chi connectivity index (χ1) is 9.72. The molecule has 0 aliphatic rings. The van der Waals surface area contributed by atoms with Gasteiger partial charge in [0.2, 0.25) is 0 Å². The average molecular weight is 278 g/mol. The molecule has 0 aliphatic heterocycles. The molecule has 3 nitrogen and oxygen atoms in total. The Morgan fingerprint density at radius 2 is 1.90 bits per heavy atom. The van der Waals surface area contributed by atoms with Crippen LogP contribution in [-0.2, 0) is 4.74 Å². The van der Waals surface area contributed by atoms with Crippen LogP contribution in [0.3, 0.4) is 0 Å². The van der Waals surface area contributed by atoms with Crippen molar-refractivity contribution in [3.8, 4) is 0 Å². The maximum Gasteiger partial charge on any atom is 0.0589 e. The number of benzene rings is 1. The molecule has 0 heterocycles. The first-order valence-electron chi connectivity index (χ1n) is 7.72. The molecule has 1 aromatic carbocycles. The predicted molar refractivity (Wildman–Crippen MR) is 86.0 cm³/mol. The number of hydrogen-bond donors (Lipinski definition) is 1. The molecule has 1 aromatic rings. The SMILES string of the molecule is CCNC(c1ccccc1)C(C)CN(CC)CCOC. The number of nitrogens with zero attached hydrogens (tertiary/aromatic N) is 1. The molecule has 1 rings (SSSR count). The number of ether oxygens (including phenoxy) is 1. The van der Waals surface area contributed by atoms with Gasteiger partial charge in [0, 0.05) is 26.2 Å². The first-order valence-corrected chi connectivity index (χ1v) is 7.72. The molecule has 2 unspecified atom stereocenters. The Morgan fingerprint density at radius 3 is 2.45 bits per heavy atom. The molecule has 1 N–H and O–H groups in total. The average Bonchev–Trinajstić information content (AvgIpc) is 2.49. The topological polar surface area (TPSA) is 24.5 Å². The molecule has 2 atom stereocenters. The number of methoxy groups -OCH3 is 1. The van der Waals surface area contributed by atoms with Gasteiger partial charge in [-0.05, 0) is 24.6 Å². The molecule has 0 spiro atoms. The standard InChI is InChI=1S/C17H30N2O/c1-5-18-17(16-10-8-7-9-11-16)15(3)14-19(6-2)12-13-20-4/h7-11,15,17-18H,5-6,12-14H2,1-4H3. The Bertz CT molecular complexity index is 342. The molecule has 0 saturated heterocycles. The van der Waals surface area contributed by atoms with E-state index in [-0.39, 0.29) is 0 Å². The van der Waals surface area contributed by atoms with Crippen molar-refractivity contribution in [1.29, 1.82) is 0 Å². The Labute approximate surface area is 124 Å². The summed E-state index contributed by atoms with van der Waals surface area (Å²) < 4.78 is 5.19. The third-order valence-corrected chi connectivity index (χ3v) is 3.76. The second-order valence-electron chi connectivity index (χ2n) is 5.31. The van der Waals surface area contributed by atoms with Crippen molar-refractivity contribution in [2.45, 2.75) is 26.8 Å². The minimum absolute atomic E-state index is 0.415. The quantitative estimate of drug-likeness (QED) is 0.712. The smallest absolute Gasteiger partial charge is 0.0589 e. The van der Waals surface area contributed by atoms with Crippen LogP contribution >= 0.6 is 0 Å². The molecule has 3 heteroatoms. The lowest BCUT2D eigenvalue weighted by molar-refractivity contribution is 0.136. The molecule has 0 radical (unpaired) electrons. The van der Waals surface area contributed by atoms with Gasteiger partial charge in [-0.3, -0.25) is 0 Å². The highest BCUT2D eigenvalue weighted by Crippen LogP contribution is 2.22. The van der Waals surface area contributed by atoms with E-state index in [4.69, 9.17) is 4.74 Å². The van der Waals surface area contributed by atoms with Crippen molar-refractivity contribution in [2.75, 3.05) is 39.9 Å². The van der Waals surface area contributed by atoms with Crippen LogP contribution in [0, 0.1) is 5.92 Å². The lowest BCUT2D eigenvalue weighted by Gasteiger charge is -2.30. The highest BCUT2D eigenvalue weighted by Gasteiger charge is 2.20. The summed E-state index contributed by atoms with van der Waals surface area (Å²) in [6, 6.07) is 11.2. The van der Waals surface area contributed by atoms with E-state index in [0.717, 1.165) is 32.8 Å². The minimum Gasteiger partial charge on any atom is -0.383 e. The van der Waals surface area contributed by atoms with Crippen LogP contribution in [0.15, 0.2) is 30.3 Å². The summed E-state index contributed by atoms with van der Waals surface area (Å²) in [5.74, 6) is 0.564. The Balaban J connectivity index is 2.66. The van der Waals surface area contributed by atoms with Crippen LogP contribution in [0.25, 0.3) is 0 Å². The monoisotopic (exact) mass is 278 g/mol. The fourth-order valence-corrected chi connectivity index (χ4v) is 2.64. The van der Waals surface area contributed by atoms with E-state index in [9.17, 15) is 0 Å². The van der Waals surface area contributed by atoms with Crippen LogP contribution in [0.1, 0.15) is 32.4 Å².